The number of thiocarbonyl (C=S) groups is 1. The molecule has 4 nitrogen and oxygen atoms in total. The van der Waals surface area contributed by atoms with Gasteiger partial charge in [0.1, 0.15) is 0 Å². The molecular weight excluding hydrogens is 162 g/mol. The lowest BCUT2D eigenvalue weighted by molar-refractivity contribution is -0.114. The van der Waals surface area contributed by atoms with Crippen LogP contribution in [-0.2, 0) is 4.79 Å². The van der Waals surface area contributed by atoms with E-state index in [0.717, 1.165) is 0 Å². The molecule has 0 aromatic rings. The smallest absolute Gasteiger partial charge is 0.247 e. The number of carbonyl (C=O) groups is 1. The van der Waals surface area contributed by atoms with Crippen LogP contribution in [0.5, 0.6) is 0 Å². The van der Waals surface area contributed by atoms with Gasteiger partial charge in [0.25, 0.3) is 0 Å². The lowest BCUT2D eigenvalue weighted by Gasteiger charge is -2.24. The summed E-state index contributed by atoms with van der Waals surface area (Å²) in [6.45, 7) is 0.487. The van der Waals surface area contributed by atoms with E-state index in [1.165, 1.54) is 0 Å². The molecule has 1 aliphatic rings. The predicted octanol–water partition coefficient (Wildman–Crippen LogP) is -0.824. The normalized spacial score (nSPS) is 17.4. The van der Waals surface area contributed by atoms with Crippen LogP contribution in [-0.4, -0.2) is 29.5 Å². The molecule has 0 unspecified atom stereocenters. The Morgan fingerprint density at radius 1 is 1.91 bits per heavy atom. The molecule has 1 aliphatic heterocycles. The highest BCUT2D eigenvalue weighted by Gasteiger charge is 2.14. The van der Waals surface area contributed by atoms with Crippen molar-refractivity contribution >= 4 is 23.2 Å². The molecule has 3 N–H and O–H groups in total. The average molecular weight is 171 g/mol. The Bertz CT molecular complexity index is 236. The third-order valence-electron chi connectivity index (χ3n) is 1.44. The van der Waals surface area contributed by atoms with Crippen molar-refractivity contribution in [1.29, 1.82) is 0 Å². The van der Waals surface area contributed by atoms with Gasteiger partial charge in [0.05, 0.1) is 12.1 Å². The summed E-state index contributed by atoms with van der Waals surface area (Å²) in [7, 11) is 1.80. The highest BCUT2D eigenvalue weighted by molar-refractivity contribution is 7.80. The number of primary amides is 1. The highest BCUT2D eigenvalue weighted by atomic mass is 32.1. The number of likely N-dealkylation sites (N-methyl/N-ethyl adjacent to an activating group) is 1. The van der Waals surface area contributed by atoms with Crippen molar-refractivity contribution in [3.05, 3.63) is 11.8 Å². The molecule has 1 heterocycles. The Morgan fingerprint density at radius 3 is 3.00 bits per heavy atom. The van der Waals surface area contributed by atoms with Crippen molar-refractivity contribution in [3.8, 4) is 0 Å². The summed E-state index contributed by atoms with van der Waals surface area (Å²) in [5, 5.41) is 3.36. The molecule has 11 heavy (non-hydrogen) atoms. The first kappa shape index (κ1) is 8.00. The molecule has 0 aromatic carbocycles. The SMILES string of the molecule is CN1CC(C(N)=O)=CNC1=S. The monoisotopic (exact) mass is 171 g/mol. The molecule has 1 rings (SSSR count). The Morgan fingerprint density at radius 2 is 2.55 bits per heavy atom. The second-order valence-electron chi connectivity index (χ2n) is 2.34. The molecular formula is C6H9N3OS. The number of nitrogens with zero attached hydrogens (tertiary/aromatic N) is 1. The van der Waals surface area contributed by atoms with Gasteiger partial charge in [-0.2, -0.15) is 0 Å². The van der Waals surface area contributed by atoms with E-state index < -0.39 is 5.91 Å². The van der Waals surface area contributed by atoms with Crippen molar-refractivity contribution in [1.82, 2.24) is 10.2 Å². The fraction of sp³-hybridized carbons (Fsp3) is 0.333. The van der Waals surface area contributed by atoms with Crippen LogP contribution in [0.1, 0.15) is 0 Å². The van der Waals surface area contributed by atoms with E-state index in [2.05, 4.69) is 5.32 Å². The number of nitrogens with two attached hydrogens (primary N) is 1. The van der Waals surface area contributed by atoms with Gasteiger partial charge in [0.15, 0.2) is 5.11 Å². The molecule has 0 spiro atoms. The number of rotatable bonds is 1. The van der Waals surface area contributed by atoms with Gasteiger partial charge in [-0.1, -0.05) is 0 Å². The van der Waals surface area contributed by atoms with Crippen molar-refractivity contribution in [3.63, 3.8) is 0 Å². The second kappa shape index (κ2) is 2.87. The standard InChI is InChI=1S/C6H9N3OS/c1-9-3-4(5(7)10)2-8-6(9)11/h2H,3H2,1H3,(H2,7,10)(H,8,11). The number of nitrogens with one attached hydrogen (secondary N) is 1. The molecule has 0 aromatic heterocycles. The van der Waals surface area contributed by atoms with E-state index in [1.54, 1.807) is 18.1 Å². The first-order chi connectivity index (χ1) is 5.11. The van der Waals surface area contributed by atoms with Crippen LogP contribution in [0.2, 0.25) is 0 Å². The summed E-state index contributed by atoms with van der Waals surface area (Å²) in [5.41, 5.74) is 5.60. The summed E-state index contributed by atoms with van der Waals surface area (Å²) in [4.78, 5) is 12.4. The molecule has 5 heteroatoms. The first-order valence-corrected chi connectivity index (χ1v) is 3.52. The third-order valence-corrected chi connectivity index (χ3v) is 1.87. The number of hydrogen-bond acceptors (Lipinski definition) is 2. The molecule has 0 atom stereocenters. The maximum Gasteiger partial charge on any atom is 0.247 e. The van der Waals surface area contributed by atoms with Crippen molar-refractivity contribution in [2.45, 2.75) is 0 Å². The zero-order valence-corrected chi connectivity index (χ0v) is 6.94. The molecule has 0 aliphatic carbocycles. The molecule has 60 valence electrons. The van der Waals surface area contributed by atoms with Crippen LogP contribution >= 0.6 is 12.2 Å². The van der Waals surface area contributed by atoms with Crippen LogP contribution in [0.3, 0.4) is 0 Å². The predicted molar refractivity (Wildman–Crippen MR) is 45.6 cm³/mol. The number of hydrogen-bond donors (Lipinski definition) is 2. The van der Waals surface area contributed by atoms with E-state index in [4.69, 9.17) is 18.0 Å². The number of amides is 1. The van der Waals surface area contributed by atoms with Gasteiger partial charge in [-0.05, 0) is 12.2 Å². The van der Waals surface area contributed by atoms with Crippen LogP contribution in [0.4, 0.5) is 0 Å². The van der Waals surface area contributed by atoms with E-state index in [-0.39, 0.29) is 0 Å². The van der Waals surface area contributed by atoms with Crippen molar-refractivity contribution in [2.24, 2.45) is 5.73 Å². The van der Waals surface area contributed by atoms with Crippen LogP contribution in [0.15, 0.2) is 11.8 Å². The van der Waals surface area contributed by atoms with Gasteiger partial charge in [0, 0.05) is 13.2 Å². The summed E-state index contributed by atoms with van der Waals surface area (Å²) in [5.74, 6) is -0.410. The van der Waals surface area contributed by atoms with Crippen LogP contribution < -0.4 is 11.1 Å². The molecule has 0 fully saturated rings. The zero-order chi connectivity index (χ0) is 8.43. The quantitative estimate of drug-likeness (QED) is 0.506. The minimum absolute atomic E-state index is 0.410. The summed E-state index contributed by atoms with van der Waals surface area (Å²) >= 11 is 4.89. The molecule has 1 amide bonds. The molecule has 0 radical (unpaired) electrons. The Balaban J connectivity index is 2.74. The zero-order valence-electron chi connectivity index (χ0n) is 6.13. The van der Waals surface area contributed by atoms with Gasteiger partial charge in [-0.25, -0.2) is 0 Å². The Hall–Kier alpha value is -1.10. The molecule has 0 bridgehead atoms. The summed E-state index contributed by atoms with van der Waals surface area (Å²) in [6.07, 6.45) is 1.55. The molecule has 0 saturated heterocycles. The lowest BCUT2D eigenvalue weighted by Crippen LogP contribution is -2.42. The number of carbonyl (C=O) groups excluding carboxylic acids is 1. The summed E-state index contributed by atoms with van der Waals surface area (Å²) in [6, 6.07) is 0. The average Bonchev–Trinajstić information content (AvgIpc) is 1.94. The van der Waals surface area contributed by atoms with Gasteiger partial charge in [-0.3, -0.25) is 4.79 Å². The van der Waals surface area contributed by atoms with Crippen molar-refractivity contribution < 1.29 is 4.79 Å². The van der Waals surface area contributed by atoms with Gasteiger partial charge < -0.3 is 16.0 Å². The largest absolute Gasteiger partial charge is 0.366 e. The van der Waals surface area contributed by atoms with E-state index in [9.17, 15) is 4.79 Å². The summed E-state index contributed by atoms with van der Waals surface area (Å²) < 4.78 is 0. The van der Waals surface area contributed by atoms with E-state index in [0.29, 0.717) is 17.2 Å². The van der Waals surface area contributed by atoms with Gasteiger partial charge in [-0.15, -0.1) is 0 Å². The minimum atomic E-state index is -0.410. The maximum absolute atomic E-state index is 10.7. The lowest BCUT2D eigenvalue weighted by atomic mass is 10.2. The van der Waals surface area contributed by atoms with Crippen LogP contribution in [0, 0.1) is 0 Å². The fourth-order valence-corrected chi connectivity index (χ4v) is 0.905. The van der Waals surface area contributed by atoms with E-state index in [1.807, 2.05) is 0 Å². The van der Waals surface area contributed by atoms with Crippen molar-refractivity contribution in [2.75, 3.05) is 13.6 Å². The first-order valence-electron chi connectivity index (χ1n) is 3.11. The van der Waals surface area contributed by atoms with Gasteiger partial charge >= 0.3 is 0 Å². The highest BCUT2D eigenvalue weighted by Crippen LogP contribution is 2.01. The molecule has 0 saturated carbocycles. The topological polar surface area (TPSA) is 58.4 Å². The van der Waals surface area contributed by atoms with E-state index >= 15 is 0 Å². The maximum atomic E-state index is 10.7. The second-order valence-corrected chi connectivity index (χ2v) is 2.73. The van der Waals surface area contributed by atoms with Crippen LogP contribution in [0.25, 0.3) is 0 Å². The third kappa shape index (κ3) is 1.68. The van der Waals surface area contributed by atoms with Gasteiger partial charge in [0.2, 0.25) is 5.91 Å². The Kier molecular flexibility index (Phi) is 2.09. The fourth-order valence-electron chi connectivity index (χ4n) is 0.781. The minimum Gasteiger partial charge on any atom is -0.366 e. The Labute approximate surface area is 70.0 Å².